The Hall–Kier alpha value is -1.68. The van der Waals surface area contributed by atoms with E-state index < -0.39 is 8.32 Å². The summed E-state index contributed by atoms with van der Waals surface area (Å²) in [5.41, 5.74) is 0. The maximum absolute atomic E-state index is 7.01. The van der Waals surface area contributed by atoms with Gasteiger partial charge in [-0.2, -0.15) is 0 Å². The Bertz CT molecular complexity index is 817. The summed E-state index contributed by atoms with van der Waals surface area (Å²) in [6.45, 7) is 9.92. The summed E-state index contributed by atoms with van der Waals surface area (Å²) in [7, 11) is -2.47. The number of benzene rings is 2. The quantitative estimate of drug-likeness (QED) is 0.103. The molecule has 1 heterocycles. The van der Waals surface area contributed by atoms with E-state index in [0.29, 0.717) is 6.61 Å². The molecular formula is C32H48O2Si. The van der Waals surface area contributed by atoms with Gasteiger partial charge in [0.2, 0.25) is 0 Å². The first-order chi connectivity index (χ1) is 17.0. The van der Waals surface area contributed by atoms with Crippen molar-refractivity contribution in [3.05, 3.63) is 72.8 Å². The lowest BCUT2D eigenvalue weighted by Gasteiger charge is -2.43. The van der Waals surface area contributed by atoms with Gasteiger partial charge in [0.1, 0.15) is 12.2 Å². The number of hydrogen-bond acceptors (Lipinski definition) is 2. The minimum Gasteiger partial charge on any atom is -0.405 e. The second kappa shape index (κ2) is 14.2. The van der Waals surface area contributed by atoms with Crippen molar-refractivity contribution in [1.82, 2.24) is 0 Å². The lowest BCUT2D eigenvalue weighted by molar-refractivity contribution is 0.249. The van der Waals surface area contributed by atoms with Crippen LogP contribution in [0.25, 0.3) is 0 Å². The first-order valence-electron chi connectivity index (χ1n) is 14.1. The van der Waals surface area contributed by atoms with Gasteiger partial charge in [0, 0.05) is 0 Å². The van der Waals surface area contributed by atoms with Crippen molar-refractivity contribution in [3.63, 3.8) is 0 Å². The Balaban J connectivity index is 1.48. The number of epoxide rings is 1. The van der Waals surface area contributed by atoms with Crippen LogP contribution < -0.4 is 10.4 Å². The van der Waals surface area contributed by atoms with E-state index in [9.17, 15) is 0 Å². The van der Waals surface area contributed by atoms with Gasteiger partial charge in [-0.05, 0) is 28.3 Å². The van der Waals surface area contributed by atoms with Crippen LogP contribution in [0.15, 0.2) is 72.8 Å². The molecular weight excluding hydrogens is 444 g/mol. The zero-order chi connectivity index (χ0) is 25.0. The summed E-state index contributed by atoms with van der Waals surface area (Å²) in [5.74, 6) is 0. The van der Waals surface area contributed by atoms with Crippen molar-refractivity contribution in [2.75, 3.05) is 6.61 Å². The summed E-state index contributed by atoms with van der Waals surface area (Å²) < 4.78 is 13.0. The van der Waals surface area contributed by atoms with Crippen LogP contribution in [0, 0.1) is 0 Å². The molecule has 2 aromatic carbocycles. The summed E-state index contributed by atoms with van der Waals surface area (Å²) in [5, 5.41) is 2.67. The van der Waals surface area contributed by atoms with E-state index >= 15 is 0 Å². The average molecular weight is 493 g/mol. The van der Waals surface area contributed by atoms with Gasteiger partial charge in [-0.15, -0.1) is 0 Å². The number of ether oxygens (including phenoxy) is 1. The summed E-state index contributed by atoms with van der Waals surface area (Å²) in [4.78, 5) is 0. The highest BCUT2D eigenvalue weighted by Gasteiger charge is 2.51. The van der Waals surface area contributed by atoms with E-state index in [0.717, 1.165) is 6.42 Å². The molecule has 0 aromatic heterocycles. The fraction of sp³-hybridized carbons (Fsp3) is 0.562. The van der Waals surface area contributed by atoms with Crippen LogP contribution in [-0.4, -0.2) is 27.1 Å². The van der Waals surface area contributed by atoms with Crippen LogP contribution in [0.2, 0.25) is 5.04 Å². The SMILES string of the molecule is CCCCCCCCCCC/C=C\[C@@H]1O[C@@H]1CO[Si](c1ccccc1)(c1ccccc1)C(C)(C)C. The highest BCUT2D eigenvalue weighted by atomic mass is 28.4. The molecule has 2 nitrogen and oxygen atoms in total. The standard InChI is InChI=1S/C32H48O2Si/c1-5-6-7-8-9-10-11-12-13-14-21-26-30-31(34-30)27-33-35(32(2,3)4,28-22-17-15-18-23-28)29-24-19-16-20-25-29/h15-26,30-31H,5-14,27H2,1-4H3/b26-21-/t30-,31+/m0/s1. The predicted molar refractivity (Wildman–Crippen MR) is 153 cm³/mol. The zero-order valence-electron chi connectivity index (χ0n) is 22.7. The lowest BCUT2D eigenvalue weighted by atomic mass is 10.1. The van der Waals surface area contributed by atoms with Crippen LogP contribution >= 0.6 is 0 Å². The lowest BCUT2D eigenvalue weighted by Crippen LogP contribution is -2.66. The molecule has 0 N–H and O–H groups in total. The van der Waals surface area contributed by atoms with Crippen molar-refractivity contribution in [3.8, 4) is 0 Å². The van der Waals surface area contributed by atoms with Gasteiger partial charge in [-0.1, -0.05) is 152 Å². The molecule has 0 bridgehead atoms. The molecule has 0 saturated carbocycles. The smallest absolute Gasteiger partial charge is 0.261 e. The van der Waals surface area contributed by atoms with Crippen molar-refractivity contribution in [2.45, 2.75) is 109 Å². The third kappa shape index (κ3) is 8.16. The Kier molecular flexibility index (Phi) is 11.3. The van der Waals surface area contributed by atoms with Gasteiger partial charge in [0.05, 0.1) is 6.61 Å². The van der Waals surface area contributed by atoms with Crippen LogP contribution in [0.1, 0.15) is 91.9 Å². The maximum atomic E-state index is 7.01. The second-order valence-electron chi connectivity index (χ2n) is 11.2. The second-order valence-corrected chi connectivity index (χ2v) is 15.5. The normalized spacial score (nSPS) is 18.3. The number of allylic oxidation sites excluding steroid dienone is 1. The fourth-order valence-corrected chi connectivity index (χ4v) is 9.80. The van der Waals surface area contributed by atoms with Crippen molar-refractivity contribution in [1.29, 1.82) is 0 Å². The highest BCUT2D eigenvalue weighted by Crippen LogP contribution is 2.38. The first kappa shape index (κ1) is 27.9. The van der Waals surface area contributed by atoms with Gasteiger partial charge in [-0.25, -0.2) is 0 Å². The van der Waals surface area contributed by atoms with E-state index in [4.69, 9.17) is 9.16 Å². The molecule has 1 fully saturated rings. The average Bonchev–Trinajstić information content (AvgIpc) is 3.61. The predicted octanol–water partition coefficient (Wildman–Crippen LogP) is 7.81. The highest BCUT2D eigenvalue weighted by molar-refractivity contribution is 6.99. The van der Waals surface area contributed by atoms with Crippen molar-refractivity contribution >= 4 is 18.7 Å². The minimum atomic E-state index is -2.47. The molecule has 35 heavy (non-hydrogen) atoms. The maximum Gasteiger partial charge on any atom is 0.261 e. The monoisotopic (exact) mass is 492 g/mol. The molecule has 3 heteroatoms. The van der Waals surface area contributed by atoms with E-state index in [1.54, 1.807) is 0 Å². The third-order valence-electron chi connectivity index (χ3n) is 7.30. The van der Waals surface area contributed by atoms with Gasteiger partial charge < -0.3 is 9.16 Å². The molecule has 0 spiro atoms. The molecule has 3 rings (SSSR count). The molecule has 0 unspecified atom stereocenters. The van der Waals surface area contributed by atoms with Crippen LogP contribution in [0.5, 0.6) is 0 Å². The van der Waals surface area contributed by atoms with Crippen molar-refractivity contribution in [2.24, 2.45) is 0 Å². The summed E-state index contributed by atoms with van der Waals surface area (Å²) in [6.07, 6.45) is 18.6. The molecule has 0 amide bonds. The Morgan fingerprint density at radius 3 is 1.80 bits per heavy atom. The molecule has 0 radical (unpaired) electrons. The van der Waals surface area contributed by atoms with Gasteiger partial charge in [0.15, 0.2) is 0 Å². The van der Waals surface area contributed by atoms with E-state index in [1.165, 1.54) is 68.2 Å². The van der Waals surface area contributed by atoms with Gasteiger partial charge >= 0.3 is 0 Å². The minimum absolute atomic E-state index is 0.00589. The topological polar surface area (TPSA) is 21.8 Å². The Morgan fingerprint density at radius 2 is 1.29 bits per heavy atom. The zero-order valence-corrected chi connectivity index (χ0v) is 23.7. The Morgan fingerprint density at radius 1 is 0.771 bits per heavy atom. The van der Waals surface area contributed by atoms with E-state index in [-0.39, 0.29) is 17.2 Å². The number of unbranched alkanes of at least 4 members (excludes halogenated alkanes) is 9. The van der Waals surface area contributed by atoms with E-state index in [2.05, 4.69) is 101 Å². The van der Waals surface area contributed by atoms with E-state index in [1.807, 2.05) is 0 Å². The van der Waals surface area contributed by atoms with Crippen LogP contribution in [0.3, 0.4) is 0 Å². The molecule has 0 aliphatic carbocycles. The number of rotatable bonds is 16. The molecule has 1 aliphatic heterocycles. The third-order valence-corrected chi connectivity index (χ3v) is 12.3. The first-order valence-corrected chi connectivity index (χ1v) is 16.0. The summed E-state index contributed by atoms with van der Waals surface area (Å²) >= 11 is 0. The van der Waals surface area contributed by atoms with Crippen molar-refractivity contribution < 1.29 is 9.16 Å². The Labute approximate surface area is 216 Å². The van der Waals surface area contributed by atoms with Crippen LogP contribution in [0.4, 0.5) is 0 Å². The number of hydrogen-bond donors (Lipinski definition) is 0. The van der Waals surface area contributed by atoms with Gasteiger partial charge in [0.25, 0.3) is 8.32 Å². The summed E-state index contributed by atoms with van der Waals surface area (Å²) in [6, 6.07) is 21.7. The van der Waals surface area contributed by atoms with Crippen LogP contribution in [-0.2, 0) is 9.16 Å². The molecule has 1 aliphatic rings. The molecule has 2 atom stereocenters. The largest absolute Gasteiger partial charge is 0.405 e. The van der Waals surface area contributed by atoms with Gasteiger partial charge in [-0.3, -0.25) is 0 Å². The molecule has 192 valence electrons. The molecule has 1 saturated heterocycles. The fourth-order valence-electron chi connectivity index (χ4n) is 5.23. The molecule has 2 aromatic rings.